The quantitative estimate of drug-likeness (QED) is 0.851. The lowest BCUT2D eigenvalue weighted by molar-refractivity contribution is 0.441. The van der Waals surface area contributed by atoms with Gasteiger partial charge in [0.05, 0.1) is 4.90 Å². The van der Waals surface area contributed by atoms with E-state index in [1.807, 2.05) is 0 Å². The summed E-state index contributed by atoms with van der Waals surface area (Å²) in [6, 6.07) is 7.59. The Kier molecular flexibility index (Phi) is 3.96. The van der Waals surface area contributed by atoms with E-state index in [1.54, 1.807) is 6.07 Å². The van der Waals surface area contributed by atoms with Crippen molar-refractivity contribution in [3.63, 3.8) is 0 Å². The van der Waals surface area contributed by atoms with E-state index in [0.717, 1.165) is 6.26 Å². The van der Waals surface area contributed by atoms with Gasteiger partial charge in [0, 0.05) is 12.5 Å². The largest absolute Gasteiger partial charge is 0.424 e. The monoisotopic (exact) mass is 309 g/mol. The molecule has 0 saturated heterocycles. The lowest BCUT2D eigenvalue weighted by Crippen LogP contribution is -2.12. The minimum atomic E-state index is -3.23. The van der Waals surface area contributed by atoms with E-state index in [9.17, 15) is 8.42 Å². The molecular formula is C12H11N3O3S2. The lowest BCUT2D eigenvalue weighted by atomic mass is 10.3. The fourth-order valence-corrected chi connectivity index (χ4v) is 2.13. The molecule has 1 aromatic carbocycles. The van der Waals surface area contributed by atoms with Crippen molar-refractivity contribution in [1.82, 2.24) is 9.97 Å². The highest BCUT2D eigenvalue weighted by atomic mass is 32.2. The van der Waals surface area contributed by atoms with E-state index in [-0.39, 0.29) is 15.9 Å². The van der Waals surface area contributed by atoms with Crippen molar-refractivity contribution in [2.45, 2.75) is 4.90 Å². The Morgan fingerprint density at radius 3 is 2.45 bits per heavy atom. The van der Waals surface area contributed by atoms with E-state index in [2.05, 4.69) is 9.97 Å². The van der Waals surface area contributed by atoms with E-state index in [0.29, 0.717) is 11.4 Å². The van der Waals surface area contributed by atoms with Gasteiger partial charge in [-0.05, 0) is 30.3 Å². The number of ether oxygens (including phenoxy) is 1. The molecule has 0 bridgehead atoms. The second-order valence-corrected chi connectivity index (χ2v) is 6.39. The summed E-state index contributed by atoms with van der Waals surface area (Å²) in [7, 11) is -3.23. The number of sulfone groups is 1. The molecule has 0 aliphatic heterocycles. The van der Waals surface area contributed by atoms with Gasteiger partial charge < -0.3 is 10.5 Å². The van der Waals surface area contributed by atoms with Crippen LogP contribution < -0.4 is 10.5 Å². The topological polar surface area (TPSA) is 95.2 Å². The summed E-state index contributed by atoms with van der Waals surface area (Å²) in [4.78, 5) is 8.30. The normalized spacial score (nSPS) is 11.1. The Hall–Kier alpha value is -2.06. The summed E-state index contributed by atoms with van der Waals surface area (Å²) in [5.74, 6) is 0.414. The molecule has 0 radical (unpaired) electrons. The molecule has 6 nitrogen and oxygen atoms in total. The van der Waals surface area contributed by atoms with Crippen molar-refractivity contribution in [3.05, 3.63) is 42.2 Å². The first-order valence-corrected chi connectivity index (χ1v) is 7.77. The number of hydrogen-bond acceptors (Lipinski definition) is 6. The fourth-order valence-electron chi connectivity index (χ4n) is 1.39. The summed E-state index contributed by atoms with van der Waals surface area (Å²) in [5, 5.41) is 0. The van der Waals surface area contributed by atoms with Crippen molar-refractivity contribution >= 4 is 27.0 Å². The van der Waals surface area contributed by atoms with E-state index in [1.165, 1.54) is 30.5 Å². The van der Waals surface area contributed by atoms with Gasteiger partial charge in [0.25, 0.3) is 0 Å². The minimum absolute atomic E-state index is 0.0856. The summed E-state index contributed by atoms with van der Waals surface area (Å²) in [6.45, 7) is 0. The van der Waals surface area contributed by atoms with Crippen molar-refractivity contribution in [3.8, 4) is 11.8 Å². The Morgan fingerprint density at radius 2 is 1.90 bits per heavy atom. The van der Waals surface area contributed by atoms with E-state index in [4.69, 9.17) is 22.7 Å². The summed E-state index contributed by atoms with van der Waals surface area (Å²) in [6.07, 6.45) is 2.61. The van der Waals surface area contributed by atoms with E-state index < -0.39 is 9.84 Å². The van der Waals surface area contributed by atoms with Gasteiger partial charge in [-0.2, -0.15) is 4.98 Å². The Bertz CT molecular complexity index is 743. The summed E-state index contributed by atoms with van der Waals surface area (Å²) in [5.41, 5.74) is 5.86. The summed E-state index contributed by atoms with van der Waals surface area (Å²) < 4.78 is 28.1. The first-order chi connectivity index (χ1) is 9.36. The molecule has 0 saturated carbocycles. The van der Waals surface area contributed by atoms with Crippen LogP contribution in [-0.4, -0.2) is 29.6 Å². The van der Waals surface area contributed by atoms with Crippen LogP contribution in [0, 0.1) is 0 Å². The van der Waals surface area contributed by atoms with Crippen LogP contribution in [-0.2, 0) is 9.84 Å². The van der Waals surface area contributed by atoms with Crippen LogP contribution in [0.1, 0.15) is 5.69 Å². The van der Waals surface area contributed by atoms with Gasteiger partial charge in [-0.25, -0.2) is 13.4 Å². The van der Waals surface area contributed by atoms with E-state index >= 15 is 0 Å². The molecule has 20 heavy (non-hydrogen) atoms. The number of benzene rings is 1. The van der Waals surface area contributed by atoms with Gasteiger partial charge >= 0.3 is 6.01 Å². The van der Waals surface area contributed by atoms with Crippen LogP contribution in [0.15, 0.2) is 41.4 Å². The van der Waals surface area contributed by atoms with Crippen LogP contribution in [0.5, 0.6) is 11.8 Å². The highest BCUT2D eigenvalue weighted by Gasteiger charge is 2.08. The van der Waals surface area contributed by atoms with Crippen LogP contribution in [0.3, 0.4) is 0 Å². The number of aromatic nitrogens is 2. The molecule has 0 unspecified atom stereocenters. The van der Waals surface area contributed by atoms with Gasteiger partial charge in [-0.1, -0.05) is 12.2 Å². The molecule has 0 fully saturated rings. The molecule has 0 amide bonds. The molecule has 0 atom stereocenters. The first kappa shape index (κ1) is 14.4. The fraction of sp³-hybridized carbons (Fsp3) is 0.0833. The molecule has 2 aromatic rings. The van der Waals surface area contributed by atoms with Crippen molar-refractivity contribution in [1.29, 1.82) is 0 Å². The zero-order valence-corrected chi connectivity index (χ0v) is 12.1. The Labute approximate surface area is 121 Å². The number of nitrogens with two attached hydrogens (primary N) is 1. The zero-order valence-electron chi connectivity index (χ0n) is 10.5. The number of thiocarbonyl (C=S) groups is 1. The standard InChI is InChI=1S/C12H11N3O3S2/c1-20(16,17)9-4-2-8(3-5-9)18-12-14-7-6-10(15-12)11(13)19/h2-7H,1H3,(H2,13,19). The maximum atomic E-state index is 11.3. The average Bonchev–Trinajstić information content (AvgIpc) is 2.38. The highest BCUT2D eigenvalue weighted by molar-refractivity contribution is 7.90. The number of nitrogens with zero attached hydrogens (tertiary/aromatic N) is 2. The van der Waals surface area contributed by atoms with Gasteiger partial charge in [0.1, 0.15) is 16.4 Å². The Morgan fingerprint density at radius 1 is 1.25 bits per heavy atom. The molecule has 0 aliphatic rings. The summed E-state index contributed by atoms with van der Waals surface area (Å²) >= 11 is 4.81. The van der Waals surface area contributed by atoms with Crippen molar-refractivity contribution < 1.29 is 13.2 Å². The molecule has 1 aromatic heterocycles. The highest BCUT2D eigenvalue weighted by Crippen LogP contribution is 2.20. The molecule has 2 rings (SSSR count). The van der Waals surface area contributed by atoms with Crippen LogP contribution >= 0.6 is 12.2 Å². The number of rotatable bonds is 4. The SMILES string of the molecule is CS(=O)(=O)c1ccc(Oc2nccc(C(N)=S)n2)cc1. The van der Waals surface area contributed by atoms with Crippen LogP contribution in [0.4, 0.5) is 0 Å². The third-order valence-corrected chi connectivity index (χ3v) is 3.68. The third-order valence-electron chi connectivity index (χ3n) is 2.35. The second-order valence-electron chi connectivity index (χ2n) is 3.93. The predicted molar refractivity (Wildman–Crippen MR) is 77.5 cm³/mol. The molecule has 1 heterocycles. The second kappa shape index (κ2) is 5.51. The van der Waals surface area contributed by atoms with Gasteiger partial charge in [0.2, 0.25) is 0 Å². The molecule has 0 aliphatic carbocycles. The third kappa shape index (κ3) is 3.49. The molecule has 104 valence electrons. The maximum absolute atomic E-state index is 11.3. The average molecular weight is 309 g/mol. The zero-order chi connectivity index (χ0) is 14.8. The van der Waals surface area contributed by atoms with Gasteiger partial charge in [0.15, 0.2) is 9.84 Å². The number of hydrogen-bond donors (Lipinski definition) is 1. The van der Waals surface area contributed by atoms with Crippen molar-refractivity contribution in [2.75, 3.05) is 6.26 Å². The lowest BCUT2D eigenvalue weighted by Gasteiger charge is -2.05. The molecule has 0 spiro atoms. The molecule has 2 N–H and O–H groups in total. The maximum Gasteiger partial charge on any atom is 0.322 e. The Balaban J connectivity index is 2.22. The smallest absolute Gasteiger partial charge is 0.322 e. The first-order valence-electron chi connectivity index (χ1n) is 5.47. The van der Waals surface area contributed by atoms with Crippen LogP contribution in [0.2, 0.25) is 0 Å². The van der Waals surface area contributed by atoms with Gasteiger partial charge in [-0.3, -0.25) is 0 Å². The molecular weight excluding hydrogens is 298 g/mol. The minimum Gasteiger partial charge on any atom is -0.424 e. The van der Waals surface area contributed by atoms with Crippen molar-refractivity contribution in [2.24, 2.45) is 5.73 Å². The van der Waals surface area contributed by atoms with Crippen LogP contribution in [0.25, 0.3) is 0 Å². The predicted octanol–water partition coefficient (Wildman–Crippen LogP) is 1.31. The molecule has 8 heteroatoms. The van der Waals surface area contributed by atoms with Gasteiger partial charge in [-0.15, -0.1) is 0 Å².